The van der Waals surface area contributed by atoms with Crippen molar-refractivity contribution in [3.8, 4) is 0 Å². The molecule has 0 aliphatic carbocycles. The van der Waals surface area contributed by atoms with Gasteiger partial charge >= 0.3 is 0 Å². The minimum atomic E-state index is -1.93. The highest BCUT2D eigenvalue weighted by atomic mass is 28.4. The first-order valence-corrected chi connectivity index (χ1v) is 25.3. The normalized spacial score (nSPS) is 16.0. The second-order valence-corrected chi connectivity index (χ2v) is 29.1. The van der Waals surface area contributed by atoms with E-state index in [4.69, 9.17) is 13.6 Å². The molecule has 0 aromatic heterocycles. The minimum absolute atomic E-state index is 0.131. The quantitative estimate of drug-likeness (QED) is 0.113. The van der Waals surface area contributed by atoms with Crippen LogP contribution in [0.4, 0.5) is 0 Å². The Kier molecular flexibility index (Phi) is 14.4. The molecule has 0 aliphatic heterocycles. The first-order valence-electron chi connectivity index (χ1n) is 16.8. The molecule has 0 heterocycles. The highest BCUT2D eigenvalue weighted by Crippen LogP contribution is 2.39. The lowest BCUT2D eigenvalue weighted by molar-refractivity contribution is -0.0674. The van der Waals surface area contributed by atoms with Gasteiger partial charge in [-0.1, -0.05) is 127 Å². The fraction of sp³-hybridized carbons (Fsp3) is 0.622. The Hall–Kier alpha value is -1.29. The van der Waals surface area contributed by atoms with Crippen LogP contribution >= 0.6 is 0 Å². The molecule has 0 saturated heterocycles. The topological polar surface area (TPSA) is 27.7 Å². The number of benzene rings is 2. The molecule has 2 aromatic carbocycles. The van der Waals surface area contributed by atoms with Crippen LogP contribution in [-0.4, -0.2) is 43.0 Å². The lowest BCUT2D eigenvalue weighted by Gasteiger charge is -2.43. The van der Waals surface area contributed by atoms with Crippen molar-refractivity contribution in [3.05, 3.63) is 78.9 Å². The lowest BCUT2D eigenvalue weighted by atomic mass is 9.93. The molecule has 2 aromatic rings. The summed E-state index contributed by atoms with van der Waals surface area (Å²) in [6.45, 7) is 31.7. The van der Waals surface area contributed by atoms with E-state index in [0.717, 1.165) is 44.0 Å². The van der Waals surface area contributed by atoms with Gasteiger partial charge in [-0.2, -0.15) is 0 Å². The van der Waals surface area contributed by atoms with Crippen molar-refractivity contribution in [3.63, 3.8) is 0 Å². The van der Waals surface area contributed by atoms with Crippen molar-refractivity contribution in [2.45, 2.75) is 141 Å². The summed E-state index contributed by atoms with van der Waals surface area (Å²) in [6.07, 6.45) is 5.12. The number of rotatable bonds is 19. The smallest absolute Gasteiger partial charge is 0.192 e. The molecule has 0 N–H and O–H groups in total. The summed E-state index contributed by atoms with van der Waals surface area (Å²) in [5.74, 6) is 0. The molecule has 0 spiro atoms. The second-order valence-electron chi connectivity index (χ2n) is 14.9. The molecule has 43 heavy (non-hydrogen) atoms. The summed E-state index contributed by atoms with van der Waals surface area (Å²) in [4.78, 5) is 0. The number of ether oxygens (including phenoxy) is 1. The Labute approximate surface area is 269 Å². The minimum Gasteiger partial charge on any atom is -0.417 e. The van der Waals surface area contributed by atoms with Gasteiger partial charge in [0.2, 0.25) is 0 Å². The second kappa shape index (κ2) is 16.3. The van der Waals surface area contributed by atoms with Crippen LogP contribution in [0.2, 0.25) is 54.9 Å². The van der Waals surface area contributed by atoms with E-state index in [1.54, 1.807) is 0 Å². The standard InChI is InChI=1S/C37H64O3Si3/c1-13-35(41(9,10)33-25-21-18-22-26-33)34(40-43(14-2,15-3)16-4)27-28-37(8,38-31-32-23-19-17-20-24-32)29-30-39-42(11,12)36(5,6)7/h13,17-26,34-35H,1,14-16,27-31H2,2-12H3/t34-,35+,37+/m1/s1. The number of hydrogen-bond donors (Lipinski definition) is 0. The molecule has 0 saturated carbocycles. The molecule has 0 bridgehead atoms. The van der Waals surface area contributed by atoms with Crippen LogP contribution in [-0.2, 0) is 20.2 Å². The SMILES string of the molecule is C=C[C@@H]([C@@H](CC[C@@](C)(CCO[Si](C)(C)C(C)(C)C)OCc1ccccc1)O[Si](CC)(CC)CC)[Si](C)(C)c1ccccc1. The van der Waals surface area contributed by atoms with Gasteiger partial charge < -0.3 is 13.6 Å². The summed E-state index contributed by atoms with van der Waals surface area (Å²) >= 11 is 0. The molecular formula is C37H64O3Si3. The third-order valence-corrected chi connectivity index (χ3v) is 23.9. The van der Waals surface area contributed by atoms with Crippen LogP contribution in [0, 0.1) is 0 Å². The van der Waals surface area contributed by atoms with Gasteiger partial charge in [-0.3, -0.25) is 0 Å². The molecule has 242 valence electrons. The lowest BCUT2D eigenvalue weighted by Crippen LogP contribution is -2.52. The molecule has 0 fully saturated rings. The predicted octanol–water partition coefficient (Wildman–Crippen LogP) is 10.7. The maximum atomic E-state index is 7.43. The fourth-order valence-electron chi connectivity index (χ4n) is 5.89. The average molecular weight is 641 g/mol. The highest BCUT2D eigenvalue weighted by Gasteiger charge is 2.43. The van der Waals surface area contributed by atoms with Gasteiger partial charge in [0.15, 0.2) is 16.6 Å². The highest BCUT2D eigenvalue weighted by molar-refractivity contribution is 6.91. The zero-order valence-electron chi connectivity index (χ0n) is 29.6. The van der Waals surface area contributed by atoms with E-state index in [0.29, 0.717) is 12.1 Å². The van der Waals surface area contributed by atoms with Crippen molar-refractivity contribution >= 4 is 29.9 Å². The van der Waals surface area contributed by atoms with E-state index in [2.05, 4.69) is 148 Å². The van der Waals surface area contributed by atoms with E-state index < -0.39 is 24.7 Å². The maximum Gasteiger partial charge on any atom is 0.192 e. The van der Waals surface area contributed by atoms with Crippen LogP contribution < -0.4 is 5.19 Å². The largest absolute Gasteiger partial charge is 0.417 e. The molecule has 2 rings (SSSR count). The van der Waals surface area contributed by atoms with E-state index in [1.165, 1.54) is 10.8 Å². The van der Waals surface area contributed by atoms with E-state index >= 15 is 0 Å². The predicted molar refractivity (Wildman–Crippen MR) is 196 cm³/mol. The van der Waals surface area contributed by atoms with Crippen LogP contribution in [0.15, 0.2) is 73.3 Å². The first kappa shape index (κ1) is 37.9. The third kappa shape index (κ3) is 10.6. The fourth-order valence-corrected chi connectivity index (χ4v) is 13.2. The molecule has 3 nitrogen and oxygen atoms in total. The van der Waals surface area contributed by atoms with Crippen molar-refractivity contribution in [2.75, 3.05) is 6.61 Å². The van der Waals surface area contributed by atoms with Gasteiger partial charge in [0.1, 0.15) is 0 Å². The Morgan fingerprint density at radius 2 is 1.33 bits per heavy atom. The molecule has 0 amide bonds. The molecule has 0 radical (unpaired) electrons. The van der Waals surface area contributed by atoms with Crippen molar-refractivity contribution < 1.29 is 13.6 Å². The zero-order chi connectivity index (χ0) is 32.4. The Bertz CT molecular complexity index is 1070. The molecular weight excluding hydrogens is 577 g/mol. The molecule has 6 heteroatoms. The van der Waals surface area contributed by atoms with Crippen LogP contribution in [0.25, 0.3) is 0 Å². The zero-order valence-corrected chi connectivity index (χ0v) is 32.6. The van der Waals surface area contributed by atoms with Gasteiger partial charge in [-0.25, -0.2) is 0 Å². The van der Waals surface area contributed by atoms with Crippen LogP contribution in [0.3, 0.4) is 0 Å². The van der Waals surface area contributed by atoms with Gasteiger partial charge in [-0.15, -0.1) is 6.58 Å². The third-order valence-electron chi connectivity index (χ3n) is 10.6. The Balaban J connectivity index is 2.40. The summed E-state index contributed by atoms with van der Waals surface area (Å²) < 4.78 is 21.0. The average Bonchev–Trinajstić information content (AvgIpc) is 2.98. The molecule has 0 unspecified atom stereocenters. The van der Waals surface area contributed by atoms with Crippen LogP contribution in [0.1, 0.15) is 73.3 Å². The van der Waals surface area contributed by atoms with Gasteiger partial charge in [-0.05, 0) is 68.0 Å². The van der Waals surface area contributed by atoms with Crippen LogP contribution in [0.5, 0.6) is 0 Å². The summed E-state index contributed by atoms with van der Waals surface area (Å²) in [5.41, 5.74) is 1.20. The van der Waals surface area contributed by atoms with E-state index in [1.807, 2.05) is 0 Å². The van der Waals surface area contributed by atoms with E-state index in [-0.39, 0.29) is 16.7 Å². The van der Waals surface area contributed by atoms with Crippen molar-refractivity contribution in [1.29, 1.82) is 0 Å². The summed E-state index contributed by atoms with van der Waals surface area (Å²) in [5, 5.41) is 1.66. The van der Waals surface area contributed by atoms with Gasteiger partial charge in [0.25, 0.3) is 0 Å². The maximum absolute atomic E-state index is 7.43. The summed E-state index contributed by atoms with van der Waals surface area (Å²) in [6, 6.07) is 25.1. The van der Waals surface area contributed by atoms with E-state index in [9.17, 15) is 0 Å². The molecule has 0 aliphatic rings. The number of hydrogen-bond acceptors (Lipinski definition) is 3. The Morgan fingerprint density at radius 1 is 0.791 bits per heavy atom. The Morgan fingerprint density at radius 3 is 1.81 bits per heavy atom. The summed E-state index contributed by atoms with van der Waals surface area (Å²) in [7, 11) is -5.64. The van der Waals surface area contributed by atoms with Gasteiger partial charge in [0.05, 0.1) is 20.3 Å². The van der Waals surface area contributed by atoms with Gasteiger partial charge in [0, 0.05) is 18.3 Å². The van der Waals surface area contributed by atoms with Crippen molar-refractivity contribution in [2.24, 2.45) is 0 Å². The first-order chi connectivity index (χ1) is 20.1. The van der Waals surface area contributed by atoms with Crippen molar-refractivity contribution in [1.82, 2.24) is 0 Å². The monoisotopic (exact) mass is 640 g/mol. The molecule has 3 atom stereocenters.